The fourth-order valence-electron chi connectivity index (χ4n) is 9.65. The number of hydrogen-bond donors (Lipinski definition) is 0. The van der Waals surface area contributed by atoms with Crippen molar-refractivity contribution < 1.29 is 19.1 Å². The Morgan fingerprint density at radius 1 is 0.818 bits per heavy atom. The molecule has 6 aliphatic carbocycles. The lowest BCUT2D eigenvalue weighted by Gasteiger charge is -2.46. The van der Waals surface area contributed by atoms with Gasteiger partial charge in [-0.05, 0) is 99.2 Å². The zero-order valence-corrected chi connectivity index (χ0v) is 20.4. The fourth-order valence-corrected chi connectivity index (χ4v) is 9.65. The van der Waals surface area contributed by atoms with Gasteiger partial charge in [0.25, 0.3) is 0 Å². The van der Waals surface area contributed by atoms with Gasteiger partial charge in [0.15, 0.2) is 6.61 Å². The van der Waals surface area contributed by atoms with Crippen molar-refractivity contribution in [3.05, 3.63) is 12.2 Å². The van der Waals surface area contributed by atoms with E-state index >= 15 is 0 Å². The second-order valence-electron chi connectivity index (χ2n) is 12.5. The summed E-state index contributed by atoms with van der Waals surface area (Å²) in [6, 6.07) is 0. The number of allylic oxidation sites excluding steroid dienone is 2. The average molecular weight is 455 g/mol. The Balaban J connectivity index is 1.07. The molecule has 182 valence electrons. The van der Waals surface area contributed by atoms with E-state index in [2.05, 4.69) is 19.1 Å². The molecule has 0 heterocycles. The Labute approximate surface area is 199 Å². The van der Waals surface area contributed by atoms with E-state index in [0.29, 0.717) is 35.5 Å². The molecule has 5 saturated carbocycles. The SMILES string of the molecule is CC(OC(=O)COC(=O)C1CC2CC1C1C3C=CC(C3)C21)(C1CCCCC1)C1CCCCC1. The Kier molecular flexibility index (Phi) is 5.85. The number of fused-ring (bicyclic) bond motifs is 9. The molecule has 4 heteroatoms. The molecule has 0 spiro atoms. The van der Waals surface area contributed by atoms with Crippen LogP contribution >= 0.6 is 0 Å². The summed E-state index contributed by atoms with van der Waals surface area (Å²) >= 11 is 0. The normalized spacial score (nSPS) is 40.2. The number of rotatable bonds is 6. The van der Waals surface area contributed by atoms with E-state index in [1.165, 1.54) is 51.4 Å². The van der Waals surface area contributed by atoms with Crippen LogP contribution in [0.1, 0.15) is 90.4 Å². The molecule has 4 bridgehead atoms. The zero-order valence-electron chi connectivity index (χ0n) is 20.4. The summed E-state index contributed by atoms with van der Waals surface area (Å²) in [6.07, 6.45) is 20.5. The van der Waals surface area contributed by atoms with Crippen LogP contribution in [0.25, 0.3) is 0 Å². The minimum Gasteiger partial charge on any atom is -0.456 e. The highest BCUT2D eigenvalue weighted by atomic mass is 16.6. The number of ether oxygens (including phenoxy) is 2. The lowest BCUT2D eigenvalue weighted by Crippen LogP contribution is -2.48. The molecule has 7 unspecified atom stereocenters. The lowest BCUT2D eigenvalue weighted by atomic mass is 9.67. The van der Waals surface area contributed by atoms with Crippen molar-refractivity contribution in [1.82, 2.24) is 0 Å². The number of esters is 2. The van der Waals surface area contributed by atoms with Gasteiger partial charge in [0, 0.05) is 0 Å². The zero-order chi connectivity index (χ0) is 22.6. The molecule has 0 aliphatic heterocycles. The van der Waals surface area contributed by atoms with E-state index < -0.39 is 5.60 Å². The summed E-state index contributed by atoms with van der Waals surface area (Å²) < 4.78 is 11.9. The molecule has 0 radical (unpaired) electrons. The minimum atomic E-state index is -0.403. The van der Waals surface area contributed by atoms with Crippen molar-refractivity contribution in [1.29, 1.82) is 0 Å². The third-order valence-electron chi connectivity index (χ3n) is 11.1. The average Bonchev–Trinajstić information content (AvgIpc) is 3.64. The topological polar surface area (TPSA) is 52.6 Å². The van der Waals surface area contributed by atoms with Crippen LogP contribution < -0.4 is 0 Å². The van der Waals surface area contributed by atoms with Gasteiger partial charge in [-0.15, -0.1) is 0 Å². The summed E-state index contributed by atoms with van der Waals surface area (Å²) in [6.45, 7) is 1.99. The van der Waals surface area contributed by atoms with Gasteiger partial charge in [-0.25, -0.2) is 4.79 Å². The predicted octanol–water partition coefficient (Wildman–Crippen LogP) is 6.09. The van der Waals surface area contributed by atoms with E-state index in [0.717, 1.165) is 43.9 Å². The molecule has 4 nitrogen and oxygen atoms in total. The highest BCUT2D eigenvalue weighted by Crippen LogP contribution is 2.67. The molecule has 7 atom stereocenters. The number of hydrogen-bond acceptors (Lipinski definition) is 4. The van der Waals surface area contributed by atoms with E-state index in [-0.39, 0.29) is 24.5 Å². The van der Waals surface area contributed by atoms with Gasteiger partial charge in [-0.2, -0.15) is 0 Å². The van der Waals surface area contributed by atoms with Crippen molar-refractivity contribution in [3.8, 4) is 0 Å². The van der Waals surface area contributed by atoms with Gasteiger partial charge in [0.1, 0.15) is 5.60 Å². The monoisotopic (exact) mass is 454 g/mol. The van der Waals surface area contributed by atoms with Gasteiger partial charge in [-0.1, -0.05) is 50.7 Å². The molecule has 0 aromatic carbocycles. The maximum Gasteiger partial charge on any atom is 0.344 e. The minimum absolute atomic E-state index is 0.000118. The molecule has 0 aromatic heterocycles. The van der Waals surface area contributed by atoms with Crippen molar-refractivity contribution in [2.45, 2.75) is 96.0 Å². The Bertz CT molecular complexity index is 771. The summed E-state index contributed by atoms with van der Waals surface area (Å²) in [5.41, 5.74) is -0.403. The summed E-state index contributed by atoms with van der Waals surface area (Å²) in [4.78, 5) is 26.1. The molecule has 0 N–H and O–H groups in total. The molecule has 33 heavy (non-hydrogen) atoms. The standard InChI is InChI=1S/C29H42O4/c1-29(21-8-4-2-5-9-21,22-10-6-3-7-11-22)33-25(30)17-32-28(31)24-16-20-15-23(24)27-19-13-12-18(14-19)26(20)27/h12-13,18-24,26-27H,2-11,14-17H2,1H3. The van der Waals surface area contributed by atoms with E-state index in [1.54, 1.807) is 0 Å². The van der Waals surface area contributed by atoms with Crippen LogP contribution in [0.4, 0.5) is 0 Å². The maximum atomic E-state index is 13.1. The molecule has 6 rings (SSSR count). The van der Waals surface area contributed by atoms with Crippen LogP contribution in [-0.4, -0.2) is 24.1 Å². The van der Waals surface area contributed by atoms with Crippen LogP contribution in [0.2, 0.25) is 0 Å². The van der Waals surface area contributed by atoms with Gasteiger partial charge < -0.3 is 9.47 Å². The maximum absolute atomic E-state index is 13.1. The van der Waals surface area contributed by atoms with Crippen LogP contribution in [-0.2, 0) is 19.1 Å². The van der Waals surface area contributed by atoms with E-state index in [1.807, 2.05) is 0 Å². The first kappa shape index (κ1) is 22.2. The number of carbonyl (C=O) groups is 2. The Morgan fingerprint density at radius 3 is 2.06 bits per heavy atom. The molecule has 0 amide bonds. The van der Waals surface area contributed by atoms with E-state index in [4.69, 9.17) is 9.47 Å². The Hall–Kier alpha value is -1.32. The first-order chi connectivity index (χ1) is 16.0. The predicted molar refractivity (Wildman–Crippen MR) is 126 cm³/mol. The third-order valence-corrected chi connectivity index (χ3v) is 11.1. The van der Waals surface area contributed by atoms with Crippen LogP contribution in [0.5, 0.6) is 0 Å². The van der Waals surface area contributed by atoms with Crippen LogP contribution in [0.3, 0.4) is 0 Å². The van der Waals surface area contributed by atoms with Gasteiger partial charge in [-0.3, -0.25) is 4.79 Å². The highest BCUT2D eigenvalue weighted by molar-refractivity contribution is 5.78. The van der Waals surface area contributed by atoms with Gasteiger partial charge in [0.05, 0.1) is 5.92 Å². The third kappa shape index (κ3) is 3.78. The summed E-state index contributed by atoms with van der Waals surface area (Å²) in [7, 11) is 0. The van der Waals surface area contributed by atoms with Crippen LogP contribution in [0.15, 0.2) is 12.2 Å². The van der Waals surface area contributed by atoms with Gasteiger partial charge in [0.2, 0.25) is 0 Å². The second kappa shape index (κ2) is 8.72. The van der Waals surface area contributed by atoms with Crippen molar-refractivity contribution in [2.75, 3.05) is 6.61 Å². The molecule has 6 aliphatic rings. The molecule has 0 saturated heterocycles. The molecular formula is C29H42O4. The number of carbonyl (C=O) groups excluding carboxylic acids is 2. The molecular weight excluding hydrogens is 412 g/mol. The second-order valence-corrected chi connectivity index (χ2v) is 12.5. The van der Waals surface area contributed by atoms with Crippen molar-refractivity contribution >= 4 is 11.9 Å². The fraction of sp³-hybridized carbons (Fsp3) is 0.862. The highest BCUT2D eigenvalue weighted by Gasteiger charge is 2.62. The largest absolute Gasteiger partial charge is 0.456 e. The lowest BCUT2D eigenvalue weighted by molar-refractivity contribution is -0.185. The first-order valence-corrected chi connectivity index (χ1v) is 14.1. The van der Waals surface area contributed by atoms with Crippen molar-refractivity contribution in [3.63, 3.8) is 0 Å². The Morgan fingerprint density at radius 2 is 1.42 bits per heavy atom. The van der Waals surface area contributed by atoms with Crippen LogP contribution in [0, 0.1) is 53.3 Å². The molecule has 0 aromatic rings. The van der Waals surface area contributed by atoms with Crippen molar-refractivity contribution in [2.24, 2.45) is 53.3 Å². The quantitative estimate of drug-likeness (QED) is 0.277. The first-order valence-electron chi connectivity index (χ1n) is 14.1. The summed E-state index contributed by atoms with van der Waals surface area (Å²) in [5.74, 6) is 4.53. The smallest absolute Gasteiger partial charge is 0.344 e. The summed E-state index contributed by atoms with van der Waals surface area (Å²) in [5, 5.41) is 0. The van der Waals surface area contributed by atoms with Gasteiger partial charge >= 0.3 is 11.9 Å². The van der Waals surface area contributed by atoms with E-state index in [9.17, 15) is 9.59 Å². The molecule has 5 fully saturated rings.